The lowest BCUT2D eigenvalue weighted by Gasteiger charge is -2.34. The second-order valence-electron chi connectivity index (χ2n) is 4.27. The van der Waals surface area contributed by atoms with Gasteiger partial charge in [0.1, 0.15) is 0 Å². The molecule has 0 saturated carbocycles. The molecular weight excluding hydrogens is 214 g/mol. The van der Waals surface area contributed by atoms with Crippen molar-refractivity contribution in [2.45, 2.75) is 6.42 Å². The van der Waals surface area contributed by atoms with Crippen LogP contribution in [0.3, 0.4) is 0 Å². The minimum absolute atomic E-state index is 0.945. The van der Waals surface area contributed by atoms with Crippen LogP contribution < -0.4 is 4.90 Å². The minimum atomic E-state index is 0.945. The van der Waals surface area contributed by atoms with Crippen molar-refractivity contribution in [3.05, 3.63) is 31.0 Å². The SMILES string of the molecule is C=CC(=C)CCN1CCN(c2cn[nH]n2)CC1. The van der Waals surface area contributed by atoms with Gasteiger partial charge in [-0.05, 0) is 6.42 Å². The van der Waals surface area contributed by atoms with Crippen LogP contribution >= 0.6 is 0 Å². The van der Waals surface area contributed by atoms with Gasteiger partial charge in [-0.2, -0.15) is 10.3 Å². The molecule has 5 nitrogen and oxygen atoms in total. The molecule has 1 saturated heterocycles. The summed E-state index contributed by atoms with van der Waals surface area (Å²) < 4.78 is 0. The highest BCUT2D eigenvalue weighted by Crippen LogP contribution is 2.11. The summed E-state index contributed by atoms with van der Waals surface area (Å²) in [7, 11) is 0. The fourth-order valence-corrected chi connectivity index (χ4v) is 1.95. The molecule has 0 bridgehead atoms. The third kappa shape index (κ3) is 3.17. The van der Waals surface area contributed by atoms with E-state index in [1.54, 1.807) is 6.20 Å². The van der Waals surface area contributed by atoms with Gasteiger partial charge in [-0.15, -0.1) is 5.10 Å². The normalized spacial score (nSPS) is 17.1. The van der Waals surface area contributed by atoms with Gasteiger partial charge in [-0.1, -0.05) is 24.8 Å². The number of aromatic amines is 1. The Morgan fingerprint density at radius 1 is 1.41 bits per heavy atom. The summed E-state index contributed by atoms with van der Waals surface area (Å²) in [6.07, 6.45) is 4.62. The maximum absolute atomic E-state index is 4.10. The second kappa shape index (κ2) is 5.63. The van der Waals surface area contributed by atoms with Crippen LogP contribution in [0.5, 0.6) is 0 Å². The van der Waals surface area contributed by atoms with Gasteiger partial charge in [0.2, 0.25) is 0 Å². The summed E-state index contributed by atoms with van der Waals surface area (Å²) in [5, 5.41) is 10.6. The molecule has 2 heterocycles. The number of nitrogens with one attached hydrogen (secondary N) is 1. The first-order valence-corrected chi connectivity index (χ1v) is 5.93. The first-order chi connectivity index (χ1) is 8.29. The Labute approximate surface area is 102 Å². The van der Waals surface area contributed by atoms with E-state index in [4.69, 9.17) is 0 Å². The number of H-pyrrole nitrogens is 1. The maximum Gasteiger partial charge on any atom is 0.170 e. The Morgan fingerprint density at radius 3 is 2.76 bits per heavy atom. The van der Waals surface area contributed by atoms with Gasteiger partial charge in [0.15, 0.2) is 5.82 Å². The lowest BCUT2D eigenvalue weighted by atomic mass is 10.2. The molecule has 17 heavy (non-hydrogen) atoms. The maximum atomic E-state index is 4.10. The van der Waals surface area contributed by atoms with Gasteiger partial charge in [-0.3, -0.25) is 4.90 Å². The monoisotopic (exact) mass is 233 g/mol. The predicted molar refractivity (Wildman–Crippen MR) is 69.0 cm³/mol. The zero-order chi connectivity index (χ0) is 12.1. The molecule has 0 unspecified atom stereocenters. The minimum Gasteiger partial charge on any atom is -0.351 e. The highest BCUT2D eigenvalue weighted by molar-refractivity contribution is 5.34. The quantitative estimate of drug-likeness (QED) is 0.773. The standard InChI is InChI=1S/C12H19N5/c1-3-11(2)4-5-16-6-8-17(9-7-16)12-10-13-15-14-12/h3,10H,1-2,4-9H2,(H,13,14,15). The van der Waals surface area contributed by atoms with Crippen molar-refractivity contribution < 1.29 is 0 Å². The zero-order valence-electron chi connectivity index (χ0n) is 10.1. The molecule has 92 valence electrons. The second-order valence-corrected chi connectivity index (χ2v) is 4.27. The molecule has 0 radical (unpaired) electrons. The van der Waals surface area contributed by atoms with E-state index in [-0.39, 0.29) is 0 Å². The summed E-state index contributed by atoms with van der Waals surface area (Å²) in [6.45, 7) is 12.9. The van der Waals surface area contributed by atoms with E-state index in [0.717, 1.165) is 50.5 Å². The van der Waals surface area contributed by atoms with Crippen molar-refractivity contribution in [2.24, 2.45) is 0 Å². The van der Waals surface area contributed by atoms with E-state index in [1.165, 1.54) is 0 Å². The zero-order valence-corrected chi connectivity index (χ0v) is 10.1. The highest BCUT2D eigenvalue weighted by atomic mass is 15.4. The van der Waals surface area contributed by atoms with Gasteiger partial charge in [-0.25, -0.2) is 0 Å². The molecule has 0 aromatic carbocycles. The number of aromatic nitrogens is 3. The average molecular weight is 233 g/mol. The van der Waals surface area contributed by atoms with Crippen LogP contribution in [-0.4, -0.2) is 53.0 Å². The number of allylic oxidation sites excluding steroid dienone is 1. The number of rotatable bonds is 5. The Balaban J connectivity index is 1.74. The fraction of sp³-hybridized carbons (Fsp3) is 0.500. The van der Waals surface area contributed by atoms with E-state index in [1.807, 2.05) is 6.08 Å². The lowest BCUT2D eigenvalue weighted by molar-refractivity contribution is 0.261. The molecule has 1 N–H and O–H groups in total. The molecule has 2 rings (SSSR count). The number of hydrogen-bond donors (Lipinski definition) is 1. The fourth-order valence-electron chi connectivity index (χ4n) is 1.95. The van der Waals surface area contributed by atoms with Gasteiger partial charge in [0.05, 0.1) is 6.20 Å². The first-order valence-electron chi connectivity index (χ1n) is 5.93. The van der Waals surface area contributed by atoms with Crippen molar-refractivity contribution in [2.75, 3.05) is 37.6 Å². The molecule has 1 aliphatic heterocycles. The van der Waals surface area contributed by atoms with Gasteiger partial charge in [0.25, 0.3) is 0 Å². The molecular formula is C12H19N5. The van der Waals surface area contributed by atoms with Crippen LogP contribution in [0.15, 0.2) is 31.0 Å². The summed E-state index contributed by atoms with van der Waals surface area (Å²) in [5.74, 6) is 0.945. The number of hydrogen-bond acceptors (Lipinski definition) is 4. The van der Waals surface area contributed by atoms with Crippen LogP contribution in [0.25, 0.3) is 0 Å². The van der Waals surface area contributed by atoms with Crippen LogP contribution in [-0.2, 0) is 0 Å². The molecule has 1 fully saturated rings. The van der Waals surface area contributed by atoms with Crippen molar-refractivity contribution >= 4 is 5.82 Å². The van der Waals surface area contributed by atoms with Crippen LogP contribution in [0.4, 0.5) is 5.82 Å². The molecule has 5 heteroatoms. The number of piperazine rings is 1. The molecule has 1 aromatic heterocycles. The lowest BCUT2D eigenvalue weighted by Crippen LogP contribution is -2.46. The summed E-state index contributed by atoms with van der Waals surface area (Å²) >= 11 is 0. The van der Waals surface area contributed by atoms with E-state index >= 15 is 0 Å². The van der Waals surface area contributed by atoms with Crippen LogP contribution in [0, 0.1) is 0 Å². The van der Waals surface area contributed by atoms with Crippen molar-refractivity contribution in [3.8, 4) is 0 Å². The van der Waals surface area contributed by atoms with Crippen LogP contribution in [0.1, 0.15) is 6.42 Å². The summed E-state index contributed by atoms with van der Waals surface area (Å²) in [5.41, 5.74) is 1.11. The number of nitrogens with zero attached hydrogens (tertiary/aromatic N) is 4. The highest BCUT2D eigenvalue weighted by Gasteiger charge is 2.18. The topological polar surface area (TPSA) is 48.0 Å². The molecule has 0 amide bonds. The van der Waals surface area contributed by atoms with E-state index in [0.29, 0.717) is 0 Å². The van der Waals surface area contributed by atoms with E-state index < -0.39 is 0 Å². The van der Waals surface area contributed by atoms with E-state index in [9.17, 15) is 0 Å². The first kappa shape index (κ1) is 11.9. The smallest absolute Gasteiger partial charge is 0.170 e. The molecule has 0 aliphatic carbocycles. The molecule has 1 aromatic rings. The molecule has 1 aliphatic rings. The predicted octanol–water partition coefficient (Wildman–Crippen LogP) is 1.06. The average Bonchev–Trinajstić information content (AvgIpc) is 2.90. The molecule has 0 atom stereocenters. The molecule has 0 spiro atoms. The van der Waals surface area contributed by atoms with Crippen molar-refractivity contribution in [1.29, 1.82) is 0 Å². The van der Waals surface area contributed by atoms with Gasteiger partial charge < -0.3 is 4.90 Å². The van der Waals surface area contributed by atoms with Gasteiger partial charge in [0, 0.05) is 32.7 Å². The Hall–Kier alpha value is -1.62. The third-order valence-electron chi connectivity index (χ3n) is 3.14. The Morgan fingerprint density at radius 2 is 2.18 bits per heavy atom. The number of anilines is 1. The van der Waals surface area contributed by atoms with Gasteiger partial charge >= 0.3 is 0 Å². The van der Waals surface area contributed by atoms with Crippen LogP contribution in [0.2, 0.25) is 0 Å². The summed E-state index contributed by atoms with van der Waals surface area (Å²) in [4.78, 5) is 4.70. The summed E-state index contributed by atoms with van der Waals surface area (Å²) in [6, 6.07) is 0. The Kier molecular flexibility index (Phi) is 3.93. The largest absolute Gasteiger partial charge is 0.351 e. The van der Waals surface area contributed by atoms with Crippen molar-refractivity contribution in [3.63, 3.8) is 0 Å². The van der Waals surface area contributed by atoms with E-state index in [2.05, 4.69) is 38.4 Å². The Bertz CT molecular complexity index is 362. The van der Waals surface area contributed by atoms with Crippen molar-refractivity contribution in [1.82, 2.24) is 20.3 Å². The third-order valence-corrected chi connectivity index (χ3v) is 3.14.